The van der Waals surface area contributed by atoms with Crippen molar-refractivity contribution in [3.8, 4) is 11.1 Å². The van der Waals surface area contributed by atoms with Crippen LogP contribution in [0, 0.1) is 5.41 Å². The molecule has 2 aromatic rings. The molecule has 0 radical (unpaired) electrons. The zero-order valence-corrected chi connectivity index (χ0v) is 17.6. The van der Waals surface area contributed by atoms with Gasteiger partial charge in [0, 0.05) is 31.9 Å². The summed E-state index contributed by atoms with van der Waals surface area (Å²) in [6, 6.07) is 17.9. The number of hydrogen-bond donors (Lipinski definition) is 2. The Bertz CT molecular complexity index is 825. The second-order valence-corrected chi connectivity index (χ2v) is 8.68. The van der Waals surface area contributed by atoms with E-state index in [1.807, 2.05) is 47.4 Å². The molecule has 1 atom stereocenters. The minimum absolute atomic E-state index is 0.0705. The molecule has 0 spiro atoms. The molecule has 30 heavy (non-hydrogen) atoms. The molecule has 2 fully saturated rings. The maximum atomic E-state index is 13.0. The van der Waals surface area contributed by atoms with E-state index in [1.54, 1.807) is 0 Å². The van der Waals surface area contributed by atoms with Crippen LogP contribution in [-0.2, 0) is 4.74 Å². The van der Waals surface area contributed by atoms with Gasteiger partial charge in [-0.3, -0.25) is 0 Å². The highest BCUT2D eigenvalue weighted by atomic mass is 16.5. The Hall–Kier alpha value is -2.37. The summed E-state index contributed by atoms with van der Waals surface area (Å²) in [6.07, 6.45) is 6.22. The van der Waals surface area contributed by atoms with Crippen LogP contribution in [0.25, 0.3) is 11.1 Å². The number of rotatable bonds is 5. The maximum Gasteiger partial charge on any atom is 0.321 e. The van der Waals surface area contributed by atoms with Gasteiger partial charge in [-0.05, 0) is 55.6 Å². The van der Waals surface area contributed by atoms with Crippen molar-refractivity contribution in [3.05, 3.63) is 54.6 Å². The van der Waals surface area contributed by atoms with Crippen LogP contribution in [0.3, 0.4) is 0 Å². The number of aliphatic hydroxyl groups is 1. The summed E-state index contributed by atoms with van der Waals surface area (Å²) in [4.78, 5) is 14.8. The van der Waals surface area contributed by atoms with Gasteiger partial charge in [-0.2, -0.15) is 0 Å². The predicted octanol–water partition coefficient (Wildman–Crippen LogP) is 4.92. The Kier molecular flexibility index (Phi) is 6.70. The average molecular weight is 409 g/mol. The normalized spacial score (nSPS) is 21.2. The summed E-state index contributed by atoms with van der Waals surface area (Å²) >= 11 is 0. The van der Waals surface area contributed by atoms with Crippen LogP contribution in [0.4, 0.5) is 10.5 Å². The summed E-state index contributed by atoms with van der Waals surface area (Å²) in [5, 5.41) is 13.2. The first-order chi connectivity index (χ1) is 14.7. The molecule has 5 heteroatoms. The molecule has 2 aliphatic rings. The summed E-state index contributed by atoms with van der Waals surface area (Å²) in [5.74, 6) is 0. The van der Waals surface area contributed by atoms with Crippen LogP contribution >= 0.6 is 0 Å². The first-order valence-electron chi connectivity index (χ1n) is 11.1. The van der Waals surface area contributed by atoms with Gasteiger partial charge in [-0.1, -0.05) is 48.5 Å². The number of piperidine rings is 1. The minimum atomic E-state index is -0.124. The van der Waals surface area contributed by atoms with Crippen molar-refractivity contribution in [1.29, 1.82) is 0 Å². The fourth-order valence-electron chi connectivity index (χ4n) is 4.72. The monoisotopic (exact) mass is 408 g/mol. The van der Waals surface area contributed by atoms with Crippen LogP contribution in [-0.4, -0.2) is 48.4 Å². The number of carbonyl (C=O) groups excluding carboxylic acids is 1. The first-order valence-corrected chi connectivity index (χ1v) is 11.1. The Morgan fingerprint density at radius 1 is 1.07 bits per heavy atom. The molecule has 0 unspecified atom stereocenters. The van der Waals surface area contributed by atoms with Gasteiger partial charge in [0.15, 0.2) is 0 Å². The van der Waals surface area contributed by atoms with Gasteiger partial charge in [0.1, 0.15) is 0 Å². The molecular formula is C25H32N2O3. The fourth-order valence-corrected chi connectivity index (χ4v) is 4.72. The standard InChI is InChI=1S/C25H32N2O3/c28-19-25(18-21-10-6-7-17-30-21)13-15-27(16-14-25)24(29)26-23-12-5-4-11-22(23)20-8-2-1-3-9-20/h1-5,8-9,11-12,21,28H,6-7,10,13-19H2,(H,26,29)/t21-/m0/s1. The van der Waals surface area contributed by atoms with E-state index in [1.165, 1.54) is 6.42 Å². The van der Waals surface area contributed by atoms with Crippen LogP contribution in [0.2, 0.25) is 0 Å². The van der Waals surface area contributed by atoms with Gasteiger partial charge in [-0.25, -0.2) is 4.79 Å². The molecule has 2 heterocycles. The number of nitrogens with zero attached hydrogens (tertiary/aromatic N) is 1. The Labute approximate surface area is 179 Å². The molecule has 2 amide bonds. The van der Waals surface area contributed by atoms with E-state index < -0.39 is 0 Å². The van der Waals surface area contributed by atoms with Crippen molar-refractivity contribution in [2.24, 2.45) is 5.41 Å². The predicted molar refractivity (Wildman–Crippen MR) is 119 cm³/mol. The lowest BCUT2D eigenvalue weighted by atomic mass is 9.74. The lowest BCUT2D eigenvalue weighted by molar-refractivity contribution is -0.0440. The van der Waals surface area contributed by atoms with Crippen molar-refractivity contribution < 1.29 is 14.6 Å². The number of anilines is 1. The highest BCUT2D eigenvalue weighted by molar-refractivity contribution is 5.94. The number of hydrogen-bond acceptors (Lipinski definition) is 3. The molecule has 2 aliphatic heterocycles. The topological polar surface area (TPSA) is 61.8 Å². The van der Waals surface area contributed by atoms with Crippen molar-refractivity contribution in [2.75, 3.05) is 31.6 Å². The van der Waals surface area contributed by atoms with E-state index in [0.29, 0.717) is 13.1 Å². The minimum Gasteiger partial charge on any atom is -0.396 e. The third kappa shape index (κ3) is 4.85. The number of likely N-dealkylation sites (tertiary alicyclic amines) is 1. The maximum absolute atomic E-state index is 13.0. The van der Waals surface area contributed by atoms with Gasteiger partial charge >= 0.3 is 6.03 Å². The third-order valence-corrected chi connectivity index (χ3v) is 6.63. The molecule has 0 aliphatic carbocycles. The number of carbonyl (C=O) groups is 1. The Morgan fingerprint density at radius 3 is 2.50 bits per heavy atom. The first kappa shape index (κ1) is 20.9. The molecule has 160 valence electrons. The quantitative estimate of drug-likeness (QED) is 0.738. The zero-order chi connectivity index (χ0) is 20.8. The zero-order valence-electron chi connectivity index (χ0n) is 17.6. The molecule has 0 aromatic heterocycles. The van der Waals surface area contributed by atoms with E-state index in [2.05, 4.69) is 17.4 Å². The number of aliphatic hydroxyl groups excluding tert-OH is 1. The number of ether oxygens (including phenoxy) is 1. The largest absolute Gasteiger partial charge is 0.396 e. The van der Waals surface area contributed by atoms with Gasteiger partial charge < -0.3 is 20.1 Å². The summed E-state index contributed by atoms with van der Waals surface area (Å²) < 4.78 is 5.91. The van der Waals surface area contributed by atoms with Crippen LogP contribution in [0.1, 0.15) is 38.5 Å². The van der Waals surface area contributed by atoms with E-state index in [9.17, 15) is 9.90 Å². The van der Waals surface area contributed by atoms with Crippen LogP contribution in [0.5, 0.6) is 0 Å². The average Bonchev–Trinajstić information content (AvgIpc) is 2.81. The lowest BCUT2D eigenvalue weighted by Crippen LogP contribution is -2.47. The number of benzene rings is 2. The van der Waals surface area contributed by atoms with E-state index in [4.69, 9.17) is 4.74 Å². The molecule has 0 bridgehead atoms. The molecule has 2 aromatic carbocycles. The van der Waals surface area contributed by atoms with Gasteiger partial charge in [0.2, 0.25) is 0 Å². The second-order valence-electron chi connectivity index (χ2n) is 8.68. The molecular weight excluding hydrogens is 376 g/mol. The highest BCUT2D eigenvalue weighted by Crippen LogP contribution is 2.38. The van der Waals surface area contributed by atoms with Crippen molar-refractivity contribution in [2.45, 2.75) is 44.6 Å². The highest BCUT2D eigenvalue weighted by Gasteiger charge is 2.38. The molecule has 5 nitrogen and oxygen atoms in total. The van der Waals surface area contributed by atoms with Gasteiger partial charge in [0.05, 0.1) is 11.8 Å². The molecule has 2 saturated heterocycles. The summed E-state index contributed by atoms with van der Waals surface area (Å²) in [7, 11) is 0. The third-order valence-electron chi connectivity index (χ3n) is 6.63. The number of amides is 2. The second kappa shape index (κ2) is 9.63. The lowest BCUT2D eigenvalue weighted by Gasteiger charge is -2.43. The number of para-hydroxylation sites is 1. The SMILES string of the molecule is O=C(Nc1ccccc1-c1ccccc1)N1CCC(CO)(C[C@@H]2CCCCO2)CC1. The number of nitrogens with one attached hydrogen (secondary N) is 1. The fraction of sp³-hybridized carbons (Fsp3) is 0.480. The Morgan fingerprint density at radius 2 is 1.80 bits per heavy atom. The van der Waals surface area contributed by atoms with E-state index in [-0.39, 0.29) is 24.2 Å². The molecule has 0 saturated carbocycles. The van der Waals surface area contributed by atoms with Crippen molar-refractivity contribution in [1.82, 2.24) is 4.90 Å². The van der Waals surface area contributed by atoms with Crippen LogP contribution < -0.4 is 5.32 Å². The van der Waals surface area contributed by atoms with Gasteiger partial charge in [0.25, 0.3) is 0 Å². The molecule has 2 N–H and O–H groups in total. The number of urea groups is 1. The van der Waals surface area contributed by atoms with Crippen molar-refractivity contribution in [3.63, 3.8) is 0 Å². The van der Waals surface area contributed by atoms with E-state index in [0.717, 1.165) is 55.5 Å². The molecule has 4 rings (SSSR count). The van der Waals surface area contributed by atoms with Gasteiger partial charge in [-0.15, -0.1) is 0 Å². The smallest absolute Gasteiger partial charge is 0.321 e. The van der Waals surface area contributed by atoms with Crippen molar-refractivity contribution >= 4 is 11.7 Å². The Balaban J connectivity index is 1.38. The summed E-state index contributed by atoms with van der Waals surface area (Å²) in [5.41, 5.74) is 2.80. The van der Waals surface area contributed by atoms with E-state index >= 15 is 0 Å². The van der Waals surface area contributed by atoms with Crippen LogP contribution in [0.15, 0.2) is 54.6 Å². The summed E-state index contributed by atoms with van der Waals surface area (Å²) in [6.45, 7) is 2.32.